The Morgan fingerprint density at radius 1 is 1.00 bits per heavy atom. The van der Waals surface area contributed by atoms with Crippen LogP contribution in [0.5, 0.6) is 5.75 Å². The number of fused-ring (bicyclic) bond motifs is 1. The first-order valence-corrected chi connectivity index (χ1v) is 18.6. The topological polar surface area (TPSA) is 81.1 Å². The normalized spacial score (nSPS) is 16.0. The SMILES string of the molecule is CCCCOCCOc1ccc(-c2ccc3c(c2)C=C(C(=O)Nc2ccc(CN(C)C4CCCOC4)cc2)CCN3Cc2cnn(CC)c2)cc1. The lowest BCUT2D eigenvalue weighted by atomic mass is 10.00. The first-order chi connectivity index (χ1) is 25.0. The Hall–Kier alpha value is -4.44. The predicted octanol–water partition coefficient (Wildman–Crippen LogP) is 7.81. The van der Waals surface area contributed by atoms with Crippen LogP contribution in [0.4, 0.5) is 11.4 Å². The van der Waals surface area contributed by atoms with Gasteiger partial charge in [0.15, 0.2) is 0 Å². The van der Waals surface area contributed by atoms with Gasteiger partial charge in [-0.2, -0.15) is 5.10 Å². The summed E-state index contributed by atoms with van der Waals surface area (Å²) in [6.07, 6.45) is 11.2. The molecule has 1 amide bonds. The third-order valence-corrected chi connectivity index (χ3v) is 9.75. The lowest BCUT2D eigenvalue weighted by Crippen LogP contribution is -2.37. The van der Waals surface area contributed by atoms with Gasteiger partial charge >= 0.3 is 0 Å². The molecule has 2 aliphatic heterocycles. The number of rotatable bonds is 16. The maximum Gasteiger partial charge on any atom is 0.251 e. The van der Waals surface area contributed by atoms with Crippen LogP contribution >= 0.6 is 0 Å². The Balaban J connectivity index is 1.16. The maximum absolute atomic E-state index is 13.8. The molecule has 1 N–H and O–H groups in total. The van der Waals surface area contributed by atoms with Gasteiger partial charge in [-0.15, -0.1) is 0 Å². The molecule has 2 aliphatic rings. The molecule has 1 atom stereocenters. The van der Waals surface area contributed by atoms with E-state index in [2.05, 4.69) is 95.8 Å². The van der Waals surface area contributed by atoms with Gasteiger partial charge in [-0.25, -0.2) is 0 Å². The number of aromatic nitrogens is 2. The van der Waals surface area contributed by atoms with Gasteiger partial charge in [0.25, 0.3) is 5.91 Å². The highest BCUT2D eigenvalue weighted by Crippen LogP contribution is 2.34. The molecule has 3 heterocycles. The van der Waals surface area contributed by atoms with E-state index in [1.54, 1.807) is 0 Å². The van der Waals surface area contributed by atoms with Crippen molar-refractivity contribution in [3.8, 4) is 16.9 Å². The van der Waals surface area contributed by atoms with Crippen molar-refractivity contribution in [2.45, 2.75) is 71.6 Å². The van der Waals surface area contributed by atoms with Crippen LogP contribution in [0, 0.1) is 0 Å². The number of carbonyl (C=O) groups excluding carboxylic acids is 1. The quantitative estimate of drug-likeness (QED) is 0.120. The Kier molecular flexibility index (Phi) is 13.0. The van der Waals surface area contributed by atoms with Crippen LogP contribution < -0.4 is 15.0 Å². The van der Waals surface area contributed by atoms with Crippen molar-refractivity contribution in [1.82, 2.24) is 14.7 Å². The van der Waals surface area contributed by atoms with Crippen LogP contribution in [-0.2, 0) is 33.9 Å². The van der Waals surface area contributed by atoms with Crippen molar-refractivity contribution in [2.75, 3.05) is 56.8 Å². The predicted molar refractivity (Wildman–Crippen MR) is 205 cm³/mol. The van der Waals surface area contributed by atoms with Gasteiger partial charge in [-0.05, 0) is 104 Å². The summed E-state index contributed by atoms with van der Waals surface area (Å²) in [5.74, 6) is 0.750. The molecule has 51 heavy (non-hydrogen) atoms. The largest absolute Gasteiger partial charge is 0.491 e. The van der Waals surface area contributed by atoms with Crippen LogP contribution in [0.15, 0.2) is 84.7 Å². The number of aryl methyl sites for hydroxylation is 1. The highest BCUT2D eigenvalue weighted by Gasteiger charge is 2.22. The van der Waals surface area contributed by atoms with Gasteiger partial charge in [0, 0.05) is 74.1 Å². The minimum Gasteiger partial charge on any atom is -0.491 e. The van der Waals surface area contributed by atoms with Crippen molar-refractivity contribution in [1.29, 1.82) is 0 Å². The molecule has 0 saturated carbocycles. The summed E-state index contributed by atoms with van der Waals surface area (Å²) in [6, 6.07) is 23.4. The van der Waals surface area contributed by atoms with E-state index in [1.165, 1.54) is 12.0 Å². The van der Waals surface area contributed by atoms with Gasteiger partial charge < -0.3 is 24.4 Å². The summed E-state index contributed by atoms with van der Waals surface area (Å²) in [6.45, 7) is 10.9. The van der Waals surface area contributed by atoms with E-state index in [-0.39, 0.29) is 5.91 Å². The molecule has 0 bridgehead atoms. The number of unbranched alkanes of at least 4 members (excludes halogenated alkanes) is 1. The van der Waals surface area contributed by atoms with Crippen LogP contribution in [-0.4, -0.2) is 73.3 Å². The highest BCUT2D eigenvalue weighted by atomic mass is 16.5. The molecule has 9 nitrogen and oxygen atoms in total. The van der Waals surface area contributed by atoms with Gasteiger partial charge in [0.05, 0.1) is 19.4 Å². The van der Waals surface area contributed by atoms with Crippen molar-refractivity contribution in [3.63, 3.8) is 0 Å². The Morgan fingerprint density at radius 2 is 1.82 bits per heavy atom. The number of carbonyl (C=O) groups is 1. The summed E-state index contributed by atoms with van der Waals surface area (Å²) in [4.78, 5) is 18.5. The average Bonchev–Trinajstić information content (AvgIpc) is 3.55. The van der Waals surface area contributed by atoms with E-state index in [9.17, 15) is 4.79 Å². The molecule has 1 fully saturated rings. The van der Waals surface area contributed by atoms with E-state index in [0.29, 0.717) is 38.8 Å². The molecule has 9 heteroatoms. The van der Waals surface area contributed by atoms with Crippen LogP contribution in [0.3, 0.4) is 0 Å². The first-order valence-electron chi connectivity index (χ1n) is 18.6. The van der Waals surface area contributed by atoms with E-state index in [4.69, 9.17) is 14.2 Å². The lowest BCUT2D eigenvalue weighted by Gasteiger charge is -2.31. The molecule has 3 aromatic carbocycles. The second kappa shape index (κ2) is 18.2. The number of nitrogens with zero attached hydrogens (tertiary/aromatic N) is 4. The molecule has 4 aromatic rings. The third-order valence-electron chi connectivity index (χ3n) is 9.75. The van der Waals surface area contributed by atoms with Crippen molar-refractivity contribution < 1.29 is 19.0 Å². The zero-order chi connectivity index (χ0) is 35.4. The number of ether oxygens (including phenoxy) is 3. The van der Waals surface area contributed by atoms with Crippen molar-refractivity contribution >= 4 is 23.4 Å². The van der Waals surface area contributed by atoms with Gasteiger partial charge in [0.1, 0.15) is 12.4 Å². The molecule has 1 aromatic heterocycles. The number of nitrogens with one attached hydrogen (secondary N) is 1. The summed E-state index contributed by atoms with van der Waals surface area (Å²) >= 11 is 0. The number of benzene rings is 3. The lowest BCUT2D eigenvalue weighted by molar-refractivity contribution is -0.112. The average molecular weight is 692 g/mol. The summed E-state index contributed by atoms with van der Waals surface area (Å²) < 4.78 is 19.2. The van der Waals surface area contributed by atoms with Crippen LogP contribution in [0.1, 0.15) is 62.6 Å². The van der Waals surface area contributed by atoms with E-state index in [1.807, 2.05) is 35.1 Å². The Morgan fingerprint density at radius 3 is 2.57 bits per heavy atom. The van der Waals surface area contributed by atoms with Gasteiger partial charge in [-0.3, -0.25) is 14.4 Å². The Labute approximate surface area is 303 Å². The minimum atomic E-state index is -0.0728. The number of hydrogen-bond acceptors (Lipinski definition) is 7. The van der Waals surface area contributed by atoms with E-state index < -0.39 is 0 Å². The zero-order valence-corrected chi connectivity index (χ0v) is 30.5. The second-order valence-corrected chi connectivity index (χ2v) is 13.6. The van der Waals surface area contributed by atoms with Crippen molar-refractivity contribution in [2.24, 2.45) is 0 Å². The molecule has 1 saturated heterocycles. The number of amides is 1. The third kappa shape index (κ3) is 10.1. The summed E-state index contributed by atoms with van der Waals surface area (Å²) in [5, 5.41) is 7.68. The second-order valence-electron chi connectivity index (χ2n) is 13.6. The van der Waals surface area contributed by atoms with Crippen molar-refractivity contribution in [3.05, 3.63) is 101 Å². The van der Waals surface area contributed by atoms with Crippen LogP contribution in [0.2, 0.25) is 0 Å². The molecule has 0 radical (unpaired) electrons. The molecular formula is C42H53N5O4. The molecule has 6 rings (SSSR count). The van der Waals surface area contributed by atoms with Gasteiger partial charge in [-0.1, -0.05) is 43.7 Å². The van der Waals surface area contributed by atoms with Crippen LogP contribution in [0.25, 0.3) is 17.2 Å². The maximum atomic E-state index is 13.8. The smallest absolute Gasteiger partial charge is 0.251 e. The van der Waals surface area contributed by atoms with E-state index in [0.717, 1.165) is 97.1 Å². The van der Waals surface area contributed by atoms with Gasteiger partial charge in [0.2, 0.25) is 0 Å². The molecule has 0 spiro atoms. The van der Waals surface area contributed by atoms with E-state index >= 15 is 0 Å². The molecule has 0 aliphatic carbocycles. The molecule has 1 unspecified atom stereocenters. The first kappa shape index (κ1) is 36.4. The number of likely N-dealkylation sites (N-methyl/N-ethyl adjacent to an activating group) is 1. The zero-order valence-electron chi connectivity index (χ0n) is 30.5. The fourth-order valence-corrected chi connectivity index (χ4v) is 6.70. The molecule has 270 valence electrons. The standard InChI is InChI=1S/C42H53N5O4/c1-4-6-21-49-23-24-51-40-16-11-34(12-17-40)35-13-18-41-37(25-35)26-36(19-20-46(41)29-33-27-43-47(5-2)30-33)42(48)44-38-14-9-32(10-15-38)28-45(3)39-8-7-22-50-31-39/h9-18,25-27,30,39H,4-8,19-24,28-29,31H2,1-3H3,(H,44,48). The summed E-state index contributed by atoms with van der Waals surface area (Å²) in [7, 11) is 2.16. The fraction of sp³-hybridized carbons (Fsp3) is 0.429. The summed E-state index contributed by atoms with van der Waals surface area (Å²) in [5.41, 5.74) is 8.21. The molecular weight excluding hydrogens is 638 g/mol. The highest BCUT2D eigenvalue weighted by molar-refractivity contribution is 6.07. The minimum absolute atomic E-state index is 0.0728. The number of hydrogen-bond donors (Lipinski definition) is 1. The fourth-order valence-electron chi connectivity index (χ4n) is 6.70. The number of anilines is 2. The Bertz CT molecular complexity index is 1730. The monoisotopic (exact) mass is 691 g/mol.